The third-order valence-corrected chi connectivity index (χ3v) is 5.99. The van der Waals surface area contributed by atoms with Crippen LogP contribution in [0.25, 0.3) is 0 Å². The van der Waals surface area contributed by atoms with E-state index >= 15 is 0 Å². The van der Waals surface area contributed by atoms with E-state index in [1.165, 1.54) is 25.7 Å². The van der Waals surface area contributed by atoms with Crippen molar-refractivity contribution in [3.8, 4) is 5.75 Å². The standard InChI is InChI=1S/C20H29BrF2O/c1-3-5-6-7-14-8-10-15(11-9-14)16-12-13-17(20(23)19(16)22)24-18(21)4-2/h12-15,18H,3-11H2,1-2H3. The molecule has 1 unspecified atom stereocenters. The maximum atomic E-state index is 14.5. The number of alkyl halides is 1. The van der Waals surface area contributed by atoms with Crippen LogP contribution >= 0.6 is 15.9 Å². The first kappa shape index (κ1) is 19.7. The molecular formula is C20H29BrF2O. The van der Waals surface area contributed by atoms with Crippen molar-refractivity contribution in [2.45, 2.75) is 82.6 Å². The first-order chi connectivity index (χ1) is 11.6. The predicted octanol–water partition coefficient (Wildman–Crippen LogP) is 7.33. The number of halogens is 3. The van der Waals surface area contributed by atoms with Crippen LogP contribution in [-0.2, 0) is 0 Å². The van der Waals surface area contributed by atoms with Crippen LogP contribution in [0.1, 0.15) is 83.1 Å². The lowest BCUT2D eigenvalue weighted by atomic mass is 9.77. The number of benzene rings is 1. The van der Waals surface area contributed by atoms with Gasteiger partial charge in [-0.25, -0.2) is 4.39 Å². The van der Waals surface area contributed by atoms with E-state index in [2.05, 4.69) is 22.9 Å². The molecule has 0 radical (unpaired) electrons. The van der Waals surface area contributed by atoms with Gasteiger partial charge >= 0.3 is 0 Å². The van der Waals surface area contributed by atoms with Crippen LogP contribution in [0.5, 0.6) is 5.75 Å². The number of rotatable bonds is 8. The minimum atomic E-state index is -0.851. The molecule has 1 aliphatic carbocycles. The summed E-state index contributed by atoms with van der Waals surface area (Å²) >= 11 is 3.29. The Bertz CT molecular complexity index is 513. The van der Waals surface area contributed by atoms with Crippen molar-refractivity contribution < 1.29 is 13.5 Å². The quantitative estimate of drug-likeness (QED) is 0.326. The molecule has 24 heavy (non-hydrogen) atoms. The summed E-state index contributed by atoms with van der Waals surface area (Å²) in [6.45, 7) is 4.14. The first-order valence-corrected chi connectivity index (χ1v) is 10.3. The summed E-state index contributed by atoms with van der Waals surface area (Å²) in [5.74, 6) is -0.676. The van der Waals surface area contributed by atoms with Crippen LogP contribution in [0.3, 0.4) is 0 Å². The minimum Gasteiger partial charge on any atom is -0.476 e. The van der Waals surface area contributed by atoms with Crippen molar-refractivity contribution in [2.24, 2.45) is 5.92 Å². The molecule has 0 spiro atoms. The Hall–Kier alpha value is -0.640. The monoisotopic (exact) mass is 402 g/mol. The van der Waals surface area contributed by atoms with E-state index in [9.17, 15) is 8.78 Å². The number of unbranched alkanes of at least 4 members (excludes halogenated alkanes) is 2. The fourth-order valence-electron chi connectivity index (χ4n) is 3.62. The molecule has 1 aliphatic rings. The zero-order chi connectivity index (χ0) is 17.5. The van der Waals surface area contributed by atoms with E-state index in [0.717, 1.165) is 31.6 Å². The fourth-order valence-corrected chi connectivity index (χ4v) is 3.82. The van der Waals surface area contributed by atoms with Crippen LogP contribution in [-0.4, -0.2) is 5.01 Å². The smallest absolute Gasteiger partial charge is 0.200 e. The van der Waals surface area contributed by atoms with Gasteiger partial charge in [0.1, 0.15) is 0 Å². The summed E-state index contributed by atoms with van der Waals surface area (Å²) in [6.07, 6.45) is 10.0. The van der Waals surface area contributed by atoms with Crippen molar-refractivity contribution in [1.29, 1.82) is 0 Å². The Balaban J connectivity index is 1.97. The van der Waals surface area contributed by atoms with E-state index in [0.29, 0.717) is 12.0 Å². The number of ether oxygens (including phenoxy) is 1. The van der Waals surface area contributed by atoms with Gasteiger partial charge in [0.05, 0.1) is 0 Å². The number of hydrogen-bond acceptors (Lipinski definition) is 1. The zero-order valence-corrected chi connectivity index (χ0v) is 16.4. The second-order valence-corrected chi connectivity index (χ2v) is 7.95. The molecular weight excluding hydrogens is 374 g/mol. The van der Waals surface area contributed by atoms with Crippen LogP contribution in [0.4, 0.5) is 8.78 Å². The highest BCUT2D eigenvalue weighted by molar-refractivity contribution is 9.09. The molecule has 0 amide bonds. The summed E-state index contributed by atoms with van der Waals surface area (Å²) in [7, 11) is 0. The molecule has 0 aromatic heterocycles. The van der Waals surface area contributed by atoms with Gasteiger partial charge in [0.2, 0.25) is 5.82 Å². The van der Waals surface area contributed by atoms with Gasteiger partial charge in [-0.2, -0.15) is 4.39 Å². The Morgan fingerprint density at radius 1 is 1.08 bits per heavy atom. The van der Waals surface area contributed by atoms with Gasteiger partial charge in [-0.05, 0) is 71.5 Å². The van der Waals surface area contributed by atoms with Crippen LogP contribution in [0.15, 0.2) is 12.1 Å². The van der Waals surface area contributed by atoms with Gasteiger partial charge < -0.3 is 4.74 Å². The first-order valence-electron chi connectivity index (χ1n) is 9.35. The summed E-state index contributed by atoms with van der Waals surface area (Å²) in [4.78, 5) is 0. The highest BCUT2D eigenvalue weighted by Gasteiger charge is 2.26. The Labute approximate surface area is 153 Å². The average molecular weight is 403 g/mol. The van der Waals surface area contributed by atoms with Crippen LogP contribution in [0.2, 0.25) is 0 Å². The average Bonchev–Trinajstić information content (AvgIpc) is 2.60. The van der Waals surface area contributed by atoms with E-state index in [1.54, 1.807) is 12.1 Å². The van der Waals surface area contributed by atoms with Gasteiger partial charge in [0, 0.05) is 0 Å². The van der Waals surface area contributed by atoms with Crippen molar-refractivity contribution in [3.63, 3.8) is 0 Å². The lowest BCUT2D eigenvalue weighted by Crippen LogP contribution is -2.15. The maximum absolute atomic E-state index is 14.5. The zero-order valence-electron chi connectivity index (χ0n) is 14.8. The molecule has 0 heterocycles. The molecule has 136 valence electrons. The molecule has 0 aliphatic heterocycles. The Kier molecular flexibility index (Phi) is 7.99. The predicted molar refractivity (Wildman–Crippen MR) is 98.8 cm³/mol. The molecule has 2 rings (SSSR count). The lowest BCUT2D eigenvalue weighted by Gasteiger charge is -2.29. The molecule has 0 N–H and O–H groups in total. The van der Waals surface area contributed by atoms with Gasteiger partial charge in [0.25, 0.3) is 0 Å². The summed E-state index contributed by atoms with van der Waals surface area (Å²) in [6, 6.07) is 3.29. The fraction of sp³-hybridized carbons (Fsp3) is 0.700. The van der Waals surface area contributed by atoms with Crippen LogP contribution < -0.4 is 4.74 Å². The van der Waals surface area contributed by atoms with Gasteiger partial charge in [-0.3, -0.25) is 0 Å². The second kappa shape index (κ2) is 9.74. The summed E-state index contributed by atoms with van der Waals surface area (Å²) in [5, 5.41) is -0.296. The van der Waals surface area contributed by atoms with Crippen molar-refractivity contribution in [3.05, 3.63) is 29.3 Å². The molecule has 0 bridgehead atoms. The van der Waals surface area contributed by atoms with E-state index in [-0.39, 0.29) is 16.7 Å². The summed E-state index contributed by atoms with van der Waals surface area (Å²) < 4.78 is 34.1. The van der Waals surface area contributed by atoms with Gasteiger partial charge in [0.15, 0.2) is 16.6 Å². The normalized spacial score (nSPS) is 22.4. The minimum absolute atomic E-state index is 0.00627. The van der Waals surface area contributed by atoms with E-state index < -0.39 is 11.6 Å². The Morgan fingerprint density at radius 3 is 2.42 bits per heavy atom. The van der Waals surface area contributed by atoms with Gasteiger partial charge in [-0.1, -0.05) is 45.6 Å². The van der Waals surface area contributed by atoms with E-state index in [1.807, 2.05) is 6.92 Å². The van der Waals surface area contributed by atoms with E-state index in [4.69, 9.17) is 4.74 Å². The van der Waals surface area contributed by atoms with Crippen molar-refractivity contribution >= 4 is 15.9 Å². The third kappa shape index (κ3) is 5.18. The highest BCUT2D eigenvalue weighted by atomic mass is 79.9. The molecule has 1 fully saturated rings. The largest absolute Gasteiger partial charge is 0.476 e. The second-order valence-electron chi connectivity index (χ2n) is 6.93. The van der Waals surface area contributed by atoms with Crippen molar-refractivity contribution in [2.75, 3.05) is 0 Å². The molecule has 1 nitrogen and oxygen atoms in total. The summed E-state index contributed by atoms with van der Waals surface area (Å²) in [5.41, 5.74) is 0.523. The highest BCUT2D eigenvalue weighted by Crippen LogP contribution is 2.40. The maximum Gasteiger partial charge on any atom is 0.200 e. The SMILES string of the molecule is CCCCCC1CCC(c2ccc(OC(Br)CC)c(F)c2F)CC1. The topological polar surface area (TPSA) is 9.23 Å². The third-order valence-electron chi connectivity index (χ3n) is 5.16. The van der Waals surface area contributed by atoms with Gasteiger partial charge in [-0.15, -0.1) is 0 Å². The molecule has 0 saturated heterocycles. The van der Waals surface area contributed by atoms with Crippen molar-refractivity contribution in [1.82, 2.24) is 0 Å². The molecule has 1 saturated carbocycles. The Morgan fingerprint density at radius 2 is 1.79 bits per heavy atom. The molecule has 1 aromatic rings. The lowest BCUT2D eigenvalue weighted by molar-refractivity contribution is 0.268. The molecule has 1 atom stereocenters. The number of hydrogen-bond donors (Lipinski definition) is 0. The molecule has 4 heteroatoms. The molecule has 1 aromatic carbocycles. The van der Waals surface area contributed by atoms with Crippen LogP contribution in [0, 0.1) is 17.6 Å².